The van der Waals surface area contributed by atoms with Gasteiger partial charge in [0.05, 0.1) is 11.4 Å². The van der Waals surface area contributed by atoms with Crippen LogP contribution in [-0.4, -0.2) is 8.42 Å². The first-order chi connectivity index (χ1) is 5.58. The monoisotopic (exact) mass is 248 g/mol. The van der Waals surface area contributed by atoms with E-state index < -0.39 is 10.2 Å². The number of hydrogen-bond donors (Lipinski definition) is 2. The van der Waals surface area contributed by atoms with Gasteiger partial charge in [-0.3, -0.25) is 9.44 Å². The van der Waals surface area contributed by atoms with Crippen molar-refractivity contribution in [2.45, 2.75) is 0 Å². The van der Waals surface area contributed by atoms with Gasteiger partial charge in [-0.15, -0.1) is 0 Å². The fourth-order valence-corrected chi connectivity index (χ4v) is 2.61. The molecule has 0 saturated heterocycles. The fourth-order valence-electron chi connectivity index (χ4n) is 1.02. The lowest BCUT2D eigenvalue weighted by atomic mass is 10.3. The van der Waals surface area contributed by atoms with Crippen molar-refractivity contribution in [1.82, 2.24) is 0 Å². The highest BCUT2D eigenvalue weighted by molar-refractivity contribution is 9.10. The van der Waals surface area contributed by atoms with Gasteiger partial charge in [-0.1, -0.05) is 6.07 Å². The maximum absolute atomic E-state index is 11.0. The van der Waals surface area contributed by atoms with Gasteiger partial charge in [0.1, 0.15) is 0 Å². The van der Waals surface area contributed by atoms with Crippen LogP contribution < -0.4 is 9.44 Å². The van der Waals surface area contributed by atoms with Crippen molar-refractivity contribution in [3.05, 3.63) is 22.7 Å². The second-order valence-electron chi connectivity index (χ2n) is 2.37. The number of nitrogens with one attached hydrogen (secondary N) is 2. The predicted octanol–water partition coefficient (Wildman–Crippen LogP) is 1.53. The summed E-state index contributed by atoms with van der Waals surface area (Å²) in [5, 5.41) is 0. The molecule has 0 fully saturated rings. The lowest BCUT2D eigenvalue weighted by molar-refractivity contribution is 0.607. The van der Waals surface area contributed by atoms with Crippen molar-refractivity contribution in [3.8, 4) is 0 Å². The molecule has 2 rings (SSSR count). The number of anilines is 2. The summed E-state index contributed by atoms with van der Waals surface area (Å²) in [4.78, 5) is 0. The average Bonchev–Trinajstić information content (AvgIpc) is 2.25. The first-order valence-corrected chi connectivity index (χ1v) is 5.45. The molecule has 4 nitrogen and oxygen atoms in total. The van der Waals surface area contributed by atoms with E-state index in [1.54, 1.807) is 18.2 Å². The van der Waals surface area contributed by atoms with Crippen LogP contribution in [0.4, 0.5) is 11.4 Å². The first kappa shape index (κ1) is 7.88. The smallest absolute Gasteiger partial charge is 0.265 e. The first-order valence-electron chi connectivity index (χ1n) is 3.17. The zero-order chi connectivity index (χ0) is 8.77. The van der Waals surface area contributed by atoms with E-state index in [0.717, 1.165) is 4.47 Å². The van der Waals surface area contributed by atoms with Gasteiger partial charge >= 0.3 is 10.2 Å². The molecule has 1 aromatic rings. The molecule has 12 heavy (non-hydrogen) atoms. The van der Waals surface area contributed by atoms with E-state index in [-0.39, 0.29) is 0 Å². The molecule has 64 valence electrons. The Morgan fingerprint density at radius 2 is 2.00 bits per heavy atom. The van der Waals surface area contributed by atoms with Crippen LogP contribution in [0.3, 0.4) is 0 Å². The van der Waals surface area contributed by atoms with Crippen LogP contribution in [-0.2, 0) is 10.2 Å². The van der Waals surface area contributed by atoms with E-state index in [9.17, 15) is 8.42 Å². The lowest BCUT2D eigenvalue weighted by Gasteiger charge is -1.96. The molecular weight excluding hydrogens is 244 g/mol. The summed E-state index contributed by atoms with van der Waals surface area (Å²) >= 11 is 3.23. The van der Waals surface area contributed by atoms with Gasteiger partial charge in [-0.2, -0.15) is 8.42 Å². The Kier molecular flexibility index (Phi) is 1.55. The summed E-state index contributed by atoms with van der Waals surface area (Å²) in [6.45, 7) is 0. The molecule has 0 aliphatic carbocycles. The van der Waals surface area contributed by atoms with Crippen molar-refractivity contribution in [1.29, 1.82) is 0 Å². The summed E-state index contributed by atoms with van der Waals surface area (Å²) < 4.78 is 27.4. The molecule has 0 unspecified atom stereocenters. The third-order valence-corrected chi connectivity index (χ3v) is 3.12. The number of para-hydroxylation sites is 1. The third-order valence-electron chi connectivity index (χ3n) is 1.49. The molecule has 1 aliphatic heterocycles. The standard InChI is InChI=1S/C6H5BrN2O2S/c7-4-2-1-3-5-6(4)9-12(10,11)8-5/h1-3,8-9H. The van der Waals surface area contributed by atoms with Gasteiger partial charge < -0.3 is 0 Å². The van der Waals surface area contributed by atoms with Gasteiger partial charge in [-0.25, -0.2) is 0 Å². The Balaban J connectivity index is 2.63. The number of rotatable bonds is 0. The van der Waals surface area contributed by atoms with Crippen LogP contribution in [0.15, 0.2) is 22.7 Å². The maximum atomic E-state index is 11.0. The summed E-state index contributed by atoms with van der Waals surface area (Å²) in [5.41, 5.74) is 1.14. The van der Waals surface area contributed by atoms with Crippen LogP contribution in [0, 0.1) is 0 Å². The molecule has 1 aromatic carbocycles. The van der Waals surface area contributed by atoms with Crippen molar-refractivity contribution in [2.24, 2.45) is 0 Å². The summed E-state index contributed by atoms with van der Waals surface area (Å²) in [6.07, 6.45) is 0. The highest BCUT2D eigenvalue weighted by atomic mass is 79.9. The number of halogens is 1. The quantitative estimate of drug-likeness (QED) is 0.732. The van der Waals surface area contributed by atoms with Crippen LogP contribution in [0.1, 0.15) is 0 Å². The number of hydrogen-bond acceptors (Lipinski definition) is 2. The molecule has 0 amide bonds. The number of fused-ring (bicyclic) bond motifs is 1. The molecular formula is C6H5BrN2O2S. The maximum Gasteiger partial charge on any atom is 0.321 e. The SMILES string of the molecule is O=S1(=O)Nc2cccc(Br)c2N1. The second-order valence-corrected chi connectivity index (χ2v) is 4.64. The highest BCUT2D eigenvalue weighted by Crippen LogP contribution is 2.35. The van der Waals surface area contributed by atoms with Crippen molar-refractivity contribution >= 4 is 37.5 Å². The Morgan fingerprint density at radius 3 is 2.67 bits per heavy atom. The third kappa shape index (κ3) is 1.16. The minimum Gasteiger partial charge on any atom is -0.265 e. The zero-order valence-electron chi connectivity index (χ0n) is 5.83. The van der Waals surface area contributed by atoms with Gasteiger partial charge in [0.15, 0.2) is 0 Å². The van der Waals surface area contributed by atoms with E-state index >= 15 is 0 Å². The van der Waals surface area contributed by atoms with Crippen LogP contribution >= 0.6 is 15.9 Å². The van der Waals surface area contributed by atoms with E-state index in [1.165, 1.54) is 0 Å². The molecule has 0 radical (unpaired) electrons. The largest absolute Gasteiger partial charge is 0.321 e. The molecule has 0 saturated carbocycles. The second kappa shape index (κ2) is 2.37. The van der Waals surface area contributed by atoms with Gasteiger partial charge in [0.25, 0.3) is 0 Å². The summed E-state index contributed by atoms with van der Waals surface area (Å²) in [7, 11) is -3.36. The molecule has 0 aromatic heterocycles. The molecule has 0 spiro atoms. The van der Waals surface area contributed by atoms with E-state index in [4.69, 9.17) is 0 Å². The Morgan fingerprint density at radius 1 is 1.25 bits per heavy atom. The van der Waals surface area contributed by atoms with Crippen LogP contribution in [0.25, 0.3) is 0 Å². The minimum absolute atomic E-state index is 0.567. The van der Waals surface area contributed by atoms with Crippen LogP contribution in [0.5, 0.6) is 0 Å². The normalized spacial score (nSPS) is 17.8. The van der Waals surface area contributed by atoms with Crippen LogP contribution in [0.2, 0.25) is 0 Å². The van der Waals surface area contributed by atoms with E-state index in [1.807, 2.05) is 0 Å². The van der Waals surface area contributed by atoms with Gasteiger partial charge in [0.2, 0.25) is 0 Å². The molecule has 0 bridgehead atoms. The average molecular weight is 249 g/mol. The molecule has 1 aliphatic rings. The topological polar surface area (TPSA) is 58.2 Å². The Labute approximate surface area is 78.3 Å². The van der Waals surface area contributed by atoms with E-state index in [2.05, 4.69) is 25.4 Å². The van der Waals surface area contributed by atoms with E-state index in [0.29, 0.717) is 11.4 Å². The molecule has 1 heterocycles. The van der Waals surface area contributed by atoms with Gasteiger partial charge in [-0.05, 0) is 28.1 Å². The molecule has 0 atom stereocenters. The lowest BCUT2D eigenvalue weighted by Crippen LogP contribution is -2.12. The summed E-state index contributed by atoms with van der Waals surface area (Å²) in [5.74, 6) is 0. The van der Waals surface area contributed by atoms with Crippen molar-refractivity contribution in [3.63, 3.8) is 0 Å². The predicted molar refractivity (Wildman–Crippen MR) is 50.3 cm³/mol. The van der Waals surface area contributed by atoms with Crippen molar-refractivity contribution in [2.75, 3.05) is 9.44 Å². The zero-order valence-corrected chi connectivity index (χ0v) is 8.24. The molecule has 6 heteroatoms. The fraction of sp³-hybridized carbons (Fsp3) is 0. The number of benzene rings is 1. The molecule has 2 N–H and O–H groups in total. The Hall–Kier alpha value is -0.750. The highest BCUT2D eigenvalue weighted by Gasteiger charge is 2.23. The van der Waals surface area contributed by atoms with Gasteiger partial charge in [0, 0.05) is 4.47 Å². The Bertz CT molecular complexity index is 429. The summed E-state index contributed by atoms with van der Waals surface area (Å²) in [6, 6.07) is 5.23. The minimum atomic E-state index is -3.36. The van der Waals surface area contributed by atoms with Crippen molar-refractivity contribution < 1.29 is 8.42 Å².